The molecule has 7 heteroatoms. The summed E-state index contributed by atoms with van der Waals surface area (Å²) in [6.45, 7) is 4.41. The minimum Gasteiger partial charge on any atom is -0.336 e. The van der Waals surface area contributed by atoms with E-state index in [0.717, 1.165) is 36.8 Å². The van der Waals surface area contributed by atoms with E-state index in [2.05, 4.69) is 10.6 Å². The maximum absolute atomic E-state index is 12.4. The fourth-order valence-corrected chi connectivity index (χ4v) is 3.84. The molecule has 0 saturated heterocycles. The highest BCUT2D eigenvalue weighted by Crippen LogP contribution is 2.29. The van der Waals surface area contributed by atoms with Crippen molar-refractivity contribution in [2.24, 2.45) is 0 Å². The molecule has 2 aliphatic rings. The van der Waals surface area contributed by atoms with Gasteiger partial charge >= 0.3 is 6.03 Å². The van der Waals surface area contributed by atoms with Gasteiger partial charge in [0.25, 0.3) is 0 Å². The second-order valence-electron chi connectivity index (χ2n) is 8.73. The van der Waals surface area contributed by atoms with Gasteiger partial charge in [0.05, 0.1) is 0 Å². The van der Waals surface area contributed by atoms with E-state index in [4.69, 9.17) is 0 Å². The Bertz CT molecular complexity index is 900. The Morgan fingerprint density at radius 3 is 1.31 bits per heavy atom. The van der Waals surface area contributed by atoms with Crippen LogP contribution in [0.15, 0.2) is 48.5 Å². The molecule has 32 heavy (non-hydrogen) atoms. The Kier molecular flexibility index (Phi) is 6.44. The van der Waals surface area contributed by atoms with Crippen molar-refractivity contribution in [2.45, 2.75) is 64.7 Å². The summed E-state index contributed by atoms with van der Waals surface area (Å²) in [5, 5.41) is 5.66. The van der Waals surface area contributed by atoms with Crippen LogP contribution in [-0.2, 0) is 22.7 Å². The lowest BCUT2D eigenvalue weighted by atomic mass is 10.2. The zero-order valence-electron chi connectivity index (χ0n) is 18.6. The molecule has 0 bridgehead atoms. The number of urea groups is 1. The highest BCUT2D eigenvalue weighted by Gasteiger charge is 2.31. The zero-order chi connectivity index (χ0) is 22.7. The van der Waals surface area contributed by atoms with Crippen molar-refractivity contribution in [3.8, 4) is 0 Å². The zero-order valence-corrected chi connectivity index (χ0v) is 18.6. The lowest BCUT2D eigenvalue weighted by Gasteiger charge is -2.21. The van der Waals surface area contributed by atoms with E-state index in [1.807, 2.05) is 58.3 Å². The first-order chi connectivity index (χ1) is 15.4. The Labute approximate surface area is 188 Å². The van der Waals surface area contributed by atoms with Gasteiger partial charge in [-0.25, -0.2) is 4.79 Å². The van der Waals surface area contributed by atoms with E-state index in [9.17, 15) is 14.4 Å². The molecule has 7 nitrogen and oxygen atoms in total. The third-order valence-electron chi connectivity index (χ3n) is 5.91. The molecule has 0 heterocycles. The number of hydrogen-bond donors (Lipinski definition) is 2. The summed E-state index contributed by atoms with van der Waals surface area (Å²) in [5.41, 5.74) is 3.45. The Hall–Kier alpha value is -3.35. The van der Waals surface area contributed by atoms with Crippen molar-refractivity contribution in [1.29, 1.82) is 0 Å². The minimum absolute atomic E-state index is 0.0987. The highest BCUT2D eigenvalue weighted by atomic mass is 16.2. The van der Waals surface area contributed by atoms with Crippen LogP contribution in [0.25, 0.3) is 0 Å². The van der Waals surface area contributed by atoms with Gasteiger partial charge < -0.3 is 20.4 Å². The number of nitrogens with zero attached hydrogens (tertiary/aromatic N) is 2. The van der Waals surface area contributed by atoms with Gasteiger partial charge in [-0.1, -0.05) is 24.3 Å². The summed E-state index contributed by atoms with van der Waals surface area (Å²) in [6.07, 6.45) is 4.32. The number of nitrogens with one attached hydrogen (secondary N) is 2. The van der Waals surface area contributed by atoms with Crippen LogP contribution in [0.5, 0.6) is 0 Å². The summed E-state index contributed by atoms with van der Waals surface area (Å²) in [4.78, 5) is 39.7. The quantitative estimate of drug-likeness (QED) is 0.648. The van der Waals surface area contributed by atoms with Gasteiger partial charge in [0.1, 0.15) is 0 Å². The Morgan fingerprint density at radius 2 is 1.03 bits per heavy atom. The lowest BCUT2D eigenvalue weighted by Crippen LogP contribution is -2.30. The summed E-state index contributed by atoms with van der Waals surface area (Å²) >= 11 is 0. The average Bonchev–Trinajstić information content (AvgIpc) is 3.66. The summed E-state index contributed by atoms with van der Waals surface area (Å²) in [5.74, 6) is 0.197. The van der Waals surface area contributed by atoms with Crippen molar-refractivity contribution < 1.29 is 14.4 Å². The fraction of sp³-hybridized carbons (Fsp3) is 0.400. The largest absolute Gasteiger partial charge is 0.336 e. The predicted molar refractivity (Wildman–Crippen MR) is 124 cm³/mol. The van der Waals surface area contributed by atoms with Crippen molar-refractivity contribution >= 4 is 29.2 Å². The maximum Gasteiger partial charge on any atom is 0.323 e. The number of amides is 4. The molecular formula is C25H30N4O3. The van der Waals surface area contributed by atoms with E-state index in [-0.39, 0.29) is 17.8 Å². The molecule has 2 N–H and O–H groups in total. The molecule has 2 aliphatic carbocycles. The topological polar surface area (TPSA) is 81.8 Å². The van der Waals surface area contributed by atoms with Gasteiger partial charge in [0.2, 0.25) is 11.8 Å². The summed E-state index contributed by atoms with van der Waals surface area (Å²) < 4.78 is 0. The number of carbonyl (C=O) groups excluding carboxylic acids is 3. The summed E-state index contributed by atoms with van der Waals surface area (Å²) in [6, 6.07) is 15.5. The van der Waals surface area contributed by atoms with Gasteiger partial charge in [-0.3, -0.25) is 9.59 Å². The van der Waals surface area contributed by atoms with Crippen molar-refractivity contribution in [1.82, 2.24) is 9.80 Å². The molecule has 0 aliphatic heterocycles. The number of anilines is 2. The van der Waals surface area contributed by atoms with Gasteiger partial charge in [0.15, 0.2) is 0 Å². The molecule has 0 spiro atoms. The number of hydrogen-bond acceptors (Lipinski definition) is 3. The minimum atomic E-state index is -0.322. The fourth-order valence-electron chi connectivity index (χ4n) is 3.84. The third kappa shape index (κ3) is 5.87. The van der Waals surface area contributed by atoms with Gasteiger partial charge in [-0.15, -0.1) is 0 Å². The normalized spacial score (nSPS) is 15.1. The van der Waals surface area contributed by atoms with Crippen LogP contribution in [0.4, 0.5) is 16.2 Å². The molecule has 0 radical (unpaired) electrons. The molecule has 0 aromatic heterocycles. The highest BCUT2D eigenvalue weighted by molar-refractivity contribution is 5.99. The standard InChI is InChI=1S/C25H30N4O3/c1-17(30)28(23-11-12-23)15-19-3-7-21(8-4-19)26-25(32)27-22-9-5-20(6-10-22)16-29(18(2)31)24-13-14-24/h3-10,23-24H,11-16H2,1-2H3,(H2,26,27,32). The SMILES string of the molecule is CC(=O)N(Cc1ccc(NC(=O)Nc2ccc(CN(C(C)=O)C3CC3)cc2)cc1)C1CC1. The first kappa shape index (κ1) is 21.9. The number of rotatable bonds is 8. The van der Waals surface area contributed by atoms with Gasteiger partial charge in [0, 0.05) is 50.4 Å². The molecule has 2 aromatic carbocycles. The van der Waals surface area contributed by atoms with Crippen LogP contribution in [0.3, 0.4) is 0 Å². The van der Waals surface area contributed by atoms with Gasteiger partial charge in [-0.05, 0) is 61.1 Å². The third-order valence-corrected chi connectivity index (χ3v) is 5.91. The molecule has 4 amide bonds. The van der Waals surface area contributed by atoms with Gasteiger partial charge in [-0.2, -0.15) is 0 Å². The van der Waals surface area contributed by atoms with Crippen LogP contribution in [0.2, 0.25) is 0 Å². The molecule has 2 saturated carbocycles. The van der Waals surface area contributed by atoms with Crippen LogP contribution in [0.1, 0.15) is 50.7 Å². The molecule has 168 valence electrons. The van der Waals surface area contributed by atoms with Crippen LogP contribution in [0, 0.1) is 0 Å². The number of benzene rings is 2. The monoisotopic (exact) mass is 434 g/mol. The first-order valence-electron chi connectivity index (χ1n) is 11.2. The van der Waals surface area contributed by atoms with E-state index in [0.29, 0.717) is 36.5 Å². The van der Waals surface area contributed by atoms with E-state index >= 15 is 0 Å². The van der Waals surface area contributed by atoms with Crippen molar-refractivity contribution in [2.75, 3.05) is 10.6 Å². The second-order valence-corrected chi connectivity index (χ2v) is 8.73. The van der Waals surface area contributed by atoms with E-state index in [1.54, 1.807) is 13.8 Å². The smallest absolute Gasteiger partial charge is 0.323 e. The van der Waals surface area contributed by atoms with Crippen LogP contribution >= 0.6 is 0 Å². The molecule has 2 fully saturated rings. The molecule has 0 unspecified atom stereocenters. The van der Waals surface area contributed by atoms with Crippen LogP contribution in [-0.4, -0.2) is 39.7 Å². The Balaban J connectivity index is 1.27. The molecule has 4 rings (SSSR count). The molecular weight excluding hydrogens is 404 g/mol. The predicted octanol–water partition coefficient (Wildman–Crippen LogP) is 4.35. The molecule has 0 atom stereocenters. The molecule has 2 aromatic rings. The van der Waals surface area contributed by atoms with E-state index < -0.39 is 0 Å². The van der Waals surface area contributed by atoms with Crippen LogP contribution < -0.4 is 10.6 Å². The number of carbonyl (C=O) groups is 3. The average molecular weight is 435 g/mol. The lowest BCUT2D eigenvalue weighted by molar-refractivity contribution is -0.130. The Morgan fingerprint density at radius 1 is 0.688 bits per heavy atom. The van der Waals surface area contributed by atoms with E-state index in [1.165, 1.54) is 0 Å². The van der Waals surface area contributed by atoms with Crippen molar-refractivity contribution in [3.63, 3.8) is 0 Å². The first-order valence-corrected chi connectivity index (χ1v) is 11.2. The maximum atomic E-state index is 12.4. The second kappa shape index (κ2) is 9.42. The van der Waals surface area contributed by atoms with Crippen molar-refractivity contribution in [3.05, 3.63) is 59.7 Å². The summed E-state index contributed by atoms with van der Waals surface area (Å²) in [7, 11) is 0.